The Labute approximate surface area is 166 Å². The molecule has 5 nitrogen and oxygen atoms in total. The van der Waals surface area contributed by atoms with Crippen molar-refractivity contribution in [2.45, 2.75) is 13.5 Å². The first-order valence-electron chi connectivity index (χ1n) is 8.32. The van der Waals surface area contributed by atoms with Gasteiger partial charge in [0.25, 0.3) is 11.1 Å². The maximum absolute atomic E-state index is 12.7. The quantitative estimate of drug-likeness (QED) is 0.636. The van der Waals surface area contributed by atoms with Crippen LogP contribution in [0.4, 0.5) is 4.79 Å². The van der Waals surface area contributed by atoms with Crippen molar-refractivity contribution >= 4 is 40.6 Å². The summed E-state index contributed by atoms with van der Waals surface area (Å²) in [5.74, 6) is 0.896. The molecule has 1 aliphatic rings. The van der Waals surface area contributed by atoms with Crippen molar-refractivity contribution in [3.8, 4) is 11.5 Å². The maximum atomic E-state index is 12.7. The normalized spacial score (nSPS) is 15.5. The van der Waals surface area contributed by atoms with Gasteiger partial charge >= 0.3 is 0 Å². The first kappa shape index (κ1) is 19.3. The van der Waals surface area contributed by atoms with E-state index in [2.05, 4.69) is 0 Å². The van der Waals surface area contributed by atoms with Crippen LogP contribution in [0.5, 0.6) is 11.5 Å². The predicted octanol–water partition coefficient (Wildman–Crippen LogP) is 4.98. The van der Waals surface area contributed by atoms with Crippen LogP contribution in [-0.2, 0) is 11.3 Å². The fourth-order valence-corrected chi connectivity index (χ4v) is 3.58. The monoisotopic (exact) mass is 403 g/mol. The van der Waals surface area contributed by atoms with Crippen LogP contribution in [0.3, 0.4) is 0 Å². The Morgan fingerprint density at radius 1 is 1.11 bits per heavy atom. The van der Waals surface area contributed by atoms with Gasteiger partial charge in [-0.15, -0.1) is 0 Å². The Hall–Kier alpha value is -2.44. The minimum absolute atomic E-state index is 0.214. The summed E-state index contributed by atoms with van der Waals surface area (Å²) in [5.41, 5.74) is 1.60. The number of hydrogen-bond donors (Lipinski definition) is 0. The molecule has 27 heavy (non-hydrogen) atoms. The van der Waals surface area contributed by atoms with E-state index in [1.54, 1.807) is 49.6 Å². The number of carbonyl (C=O) groups is 2. The topological polar surface area (TPSA) is 55.8 Å². The molecule has 2 aromatic carbocycles. The zero-order chi connectivity index (χ0) is 19.4. The molecule has 1 saturated heterocycles. The van der Waals surface area contributed by atoms with Crippen molar-refractivity contribution in [3.63, 3.8) is 0 Å². The highest BCUT2D eigenvalue weighted by atomic mass is 35.5. The zero-order valence-electron chi connectivity index (χ0n) is 14.9. The molecule has 1 fully saturated rings. The second-order valence-corrected chi connectivity index (χ2v) is 7.17. The Morgan fingerprint density at radius 2 is 1.85 bits per heavy atom. The van der Waals surface area contributed by atoms with E-state index in [1.807, 2.05) is 13.0 Å². The van der Waals surface area contributed by atoms with Gasteiger partial charge in [-0.2, -0.15) is 0 Å². The zero-order valence-corrected chi connectivity index (χ0v) is 16.5. The molecule has 3 rings (SSSR count). The third-order valence-electron chi connectivity index (χ3n) is 3.91. The van der Waals surface area contributed by atoms with Gasteiger partial charge in [0.15, 0.2) is 11.5 Å². The van der Waals surface area contributed by atoms with Crippen molar-refractivity contribution in [2.24, 2.45) is 0 Å². The lowest BCUT2D eigenvalue weighted by Gasteiger charge is -2.12. The van der Waals surface area contributed by atoms with E-state index in [0.717, 1.165) is 22.9 Å². The van der Waals surface area contributed by atoms with E-state index in [9.17, 15) is 9.59 Å². The molecule has 0 bridgehead atoms. The van der Waals surface area contributed by atoms with Crippen LogP contribution in [0.1, 0.15) is 18.1 Å². The second kappa shape index (κ2) is 8.50. The molecule has 0 radical (unpaired) electrons. The van der Waals surface area contributed by atoms with Crippen LogP contribution in [0, 0.1) is 0 Å². The fraction of sp³-hybridized carbons (Fsp3) is 0.200. The number of amides is 2. The summed E-state index contributed by atoms with van der Waals surface area (Å²) in [6.07, 6.45) is 1.69. The van der Waals surface area contributed by atoms with Gasteiger partial charge in [0.2, 0.25) is 0 Å². The van der Waals surface area contributed by atoms with Gasteiger partial charge in [0.1, 0.15) is 0 Å². The minimum atomic E-state index is -0.311. The Kier molecular flexibility index (Phi) is 6.08. The molecule has 2 aromatic rings. The molecule has 2 amide bonds. The maximum Gasteiger partial charge on any atom is 0.293 e. The van der Waals surface area contributed by atoms with Crippen LogP contribution < -0.4 is 9.47 Å². The molecular formula is C20H18ClNO4S. The Bertz CT molecular complexity index is 895. The van der Waals surface area contributed by atoms with Crippen molar-refractivity contribution in [1.29, 1.82) is 0 Å². The molecule has 0 aromatic heterocycles. The van der Waals surface area contributed by atoms with Gasteiger partial charge in [-0.1, -0.05) is 29.8 Å². The molecule has 0 unspecified atom stereocenters. The Morgan fingerprint density at radius 3 is 2.52 bits per heavy atom. The lowest BCUT2D eigenvalue weighted by molar-refractivity contribution is -0.123. The number of hydrogen-bond acceptors (Lipinski definition) is 5. The fourth-order valence-electron chi connectivity index (χ4n) is 2.61. The van der Waals surface area contributed by atoms with Gasteiger partial charge in [-0.25, -0.2) is 0 Å². The summed E-state index contributed by atoms with van der Waals surface area (Å²) in [6.45, 7) is 2.59. The first-order valence-corrected chi connectivity index (χ1v) is 9.52. The highest BCUT2D eigenvalue weighted by molar-refractivity contribution is 8.18. The number of methoxy groups -OCH3 is 1. The van der Waals surface area contributed by atoms with Gasteiger partial charge in [-0.3, -0.25) is 14.5 Å². The lowest BCUT2D eigenvalue weighted by atomic mass is 10.1. The third kappa shape index (κ3) is 4.46. The summed E-state index contributed by atoms with van der Waals surface area (Å²) in [4.78, 5) is 26.5. The second-order valence-electron chi connectivity index (χ2n) is 5.74. The lowest BCUT2D eigenvalue weighted by Crippen LogP contribution is -2.27. The number of rotatable bonds is 6. The molecule has 0 saturated carbocycles. The molecular weight excluding hydrogens is 386 g/mol. The molecule has 140 valence electrons. The smallest absolute Gasteiger partial charge is 0.293 e. The van der Waals surface area contributed by atoms with Crippen molar-refractivity contribution in [1.82, 2.24) is 4.90 Å². The number of imide groups is 1. The van der Waals surface area contributed by atoms with Crippen LogP contribution in [0.2, 0.25) is 5.02 Å². The average molecular weight is 404 g/mol. The highest BCUT2D eigenvalue weighted by Crippen LogP contribution is 2.35. The van der Waals surface area contributed by atoms with Gasteiger partial charge < -0.3 is 9.47 Å². The molecule has 0 aliphatic carbocycles. The molecule has 0 atom stereocenters. The largest absolute Gasteiger partial charge is 0.493 e. The van der Waals surface area contributed by atoms with Crippen LogP contribution >= 0.6 is 23.4 Å². The van der Waals surface area contributed by atoms with Gasteiger partial charge in [0.05, 0.1) is 25.2 Å². The number of carbonyl (C=O) groups excluding carboxylic acids is 2. The predicted molar refractivity (Wildman–Crippen MR) is 107 cm³/mol. The Balaban J connectivity index is 1.81. The highest BCUT2D eigenvalue weighted by Gasteiger charge is 2.35. The van der Waals surface area contributed by atoms with Crippen molar-refractivity contribution < 1.29 is 19.1 Å². The number of nitrogens with zero attached hydrogens (tertiary/aromatic N) is 1. The van der Waals surface area contributed by atoms with Crippen LogP contribution in [-0.4, -0.2) is 29.8 Å². The SMILES string of the molecule is CCOc1cc(/C=C2/SC(=O)N(Cc3ccc(Cl)cc3)C2=O)ccc1OC. The average Bonchev–Trinajstić information content (AvgIpc) is 2.91. The van der Waals surface area contributed by atoms with E-state index in [1.165, 1.54) is 4.90 Å². The van der Waals surface area contributed by atoms with E-state index in [4.69, 9.17) is 21.1 Å². The molecule has 1 heterocycles. The van der Waals surface area contributed by atoms with E-state index >= 15 is 0 Å². The molecule has 0 N–H and O–H groups in total. The van der Waals surface area contributed by atoms with E-state index < -0.39 is 0 Å². The number of benzene rings is 2. The summed E-state index contributed by atoms with van der Waals surface area (Å²) in [6, 6.07) is 12.4. The summed E-state index contributed by atoms with van der Waals surface area (Å²) >= 11 is 6.80. The minimum Gasteiger partial charge on any atom is -0.493 e. The molecule has 7 heteroatoms. The molecule has 1 aliphatic heterocycles. The van der Waals surface area contributed by atoms with E-state index in [-0.39, 0.29) is 17.7 Å². The molecule has 0 spiro atoms. The number of ether oxygens (including phenoxy) is 2. The van der Waals surface area contributed by atoms with Crippen LogP contribution in [0.15, 0.2) is 47.4 Å². The summed E-state index contributed by atoms with van der Waals surface area (Å²) < 4.78 is 10.8. The summed E-state index contributed by atoms with van der Waals surface area (Å²) in [5, 5.41) is 0.317. The number of thioether (sulfide) groups is 1. The van der Waals surface area contributed by atoms with Crippen molar-refractivity contribution in [2.75, 3.05) is 13.7 Å². The van der Waals surface area contributed by atoms with Gasteiger partial charge in [-0.05, 0) is 60.2 Å². The third-order valence-corrected chi connectivity index (χ3v) is 5.07. The van der Waals surface area contributed by atoms with Gasteiger partial charge in [0, 0.05) is 5.02 Å². The van der Waals surface area contributed by atoms with Crippen LogP contribution in [0.25, 0.3) is 6.08 Å². The first-order chi connectivity index (χ1) is 13.0. The van der Waals surface area contributed by atoms with Crippen molar-refractivity contribution in [3.05, 3.63) is 63.5 Å². The summed E-state index contributed by atoms with van der Waals surface area (Å²) in [7, 11) is 1.57. The van der Waals surface area contributed by atoms with E-state index in [0.29, 0.717) is 28.0 Å². The standard InChI is InChI=1S/C20H18ClNO4S/c1-3-26-17-10-14(6-9-16(17)25-2)11-18-19(23)22(20(24)27-18)12-13-4-7-15(21)8-5-13/h4-11H,3,12H2,1-2H3/b18-11+. The number of halogens is 1.